The van der Waals surface area contributed by atoms with E-state index in [-0.39, 0.29) is 12.4 Å². The van der Waals surface area contributed by atoms with Crippen LogP contribution in [0.1, 0.15) is 26.7 Å². The van der Waals surface area contributed by atoms with Crippen LogP contribution in [0, 0.1) is 5.41 Å². The lowest BCUT2D eigenvalue weighted by molar-refractivity contribution is 0.113. The van der Waals surface area contributed by atoms with Crippen LogP contribution in [-0.4, -0.2) is 44.3 Å². The first-order valence-corrected chi connectivity index (χ1v) is 5.70. The Morgan fingerprint density at radius 3 is 2.67 bits per heavy atom. The van der Waals surface area contributed by atoms with Gasteiger partial charge in [-0.1, -0.05) is 13.8 Å². The average Bonchev–Trinajstić information content (AvgIpc) is 2.56. The minimum Gasteiger partial charge on any atom is -0.379 e. The highest BCUT2D eigenvalue weighted by Gasteiger charge is 2.31. The summed E-state index contributed by atoms with van der Waals surface area (Å²) in [6, 6.07) is 0. The third-order valence-corrected chi connectivity index (χ3v) is 3.30. The van der Waals surface area contributed by atoms with Crippen molar-refractivity contribution in [2.24, 2.45) is 11.1 Å². The molecule has 0 spiro atoms. The van der Waals surface area contributed by atoms with Gasteiger partial charge in [0.25, 0.3) is 0 Å². The highest BCUT2D eigenvalue weighted by atomic mass is 35.5. The van der Waals surface area contributed by atoms with Crippen molar-refractivity contribution >= 4 is 12.4 Å². The van der Waals surface area contributed by atoms with Gasteiger partial charge in [0.15, 0.2) is 0 Å². The minimum atomic E-state index is 0. The summed E-state index contributed by atoms with van der Waals surface area (Å²) in [6.45, 7) is 10.4. The summed E-state index contributed by atoms with van der Waals surface area (Å²) in [5, 5.41) is 0. The molecule has 0 aromatic carbocycles. The van der Waals surface area contributed by atoms with E-state index in [0.29, 0.717) is 18.6 Å². The monoisotopic (exact) mass is 236 g/mol. The lowest BCUT2D eigenvalue weighted by atomic mass is 9.87. The summed E-state index contributed by atoms with van der Waals surface area (Å²) in [6.07, 6.45) is 2.62. The Labute approximate surface area is 99.7 Å². The summed E-state index contributed by atoms with van der Waals surface area (Å²) >= 11 is 0. The van der Waals surface area contributed by atoms with Crippen LogP contribution in [0.5, 0.6) is 0 Å². The Hall–Kier alpha value is 0.170. The molecule has 1 atom stereocenters. The molecule has 1 aliphatic heterocycles. The van der Waals surface area contributed by atoms with Gasteiger partial charge in [-0.15, -0.1) is 12.4 Å². The summed E-state index contributed by atoms with van der Waals surface area (Å²) in [4.78, 5) is 2.50. The van der Waals surface area contributed by atoms with Gasteiger partial charge in [0, 0.05) is 19.6 Å². The molecule has 92 valence electrons. The maximum absolute atomic E-state index is 5.38. The molecule has 0 aromatic rings. The maximum atomic E-state index is 5.38. The number of nitrogens with zero attached hydrogens (tertiary/aromatic N) is 1. The molecular formula is C11H25ClN2O. The van der Waals surface area contributed by atoms with Crippen molar-refractivity contribution in [2.45, 2.75) is 26.7 Å². The summed E-state index contributed by atoms with van der Waals surface area (Å²) in [5.74, 6) is 0. The molecular weight excluding hydrogens is 212 g/mol. The van der Waals surface area contributed by atoms with Gasteiger partial charge >= 0.3 is 0 Å². The summed E-state index contributed by atoms with van der Waals surface area (Å²) in [7, 11) is 0. The van der Waals surface area contributed by atoms with Gasteiger partial charge in [-0.25, -0.2) is 0 Å². The lowest BCUT2D eigenvalue weighted by Crippen LogP contribution is -2.28. The van der Waals surface area contributed by atoms with Crippen LogP contribution in [-0.2, 0) is 4.74 Å². The second kappa shape index (κ2) is 7.44. The molecule has 1 unspecified atom stereocenters. The standard InChI is InChI=1S/C11H24N2O.ClH/c1-3-11(2)4-6-13(10-11)7-9-14-8-5-12;/h3-10,12H2,1-2H3;1H. The largest absolute Gasteiger partial charge is 0.379 e. The third-order valence-electron chi connectivity index (χ3n) is 3.30. The fourth-order valence-electron chi connectivity index (χ4n) is 1.98. The van der Waals surface area contributed by atoms with Crippen LogP contribution in [0.25, 0.3) is 0 Å². The van der Waals surface area contributed by atoms with E-state index < -0.39 is 0 Å². The second-order valence-electron chi connectivity index (χ2n) is 4.59. The Morgan fingerprint density at radius 2 is 2.13 bits per heavy atom. The normalized spacial score (nSPS) is 26.6. The maximum Gasteiger partial charge on any atom is 0.0594 e. The number of halogens is 1. The zero-order chi connectivity index (χ0) is 10.4. The molecule has 4 heteroatoms. The van der Waals surface area contributed by atoms with Crippen molar-refractivity contribution in [2.75, 3.05) is 39.4 Å². The second-order valence-corrected chi connectivity index (χ2v) is 4.59. The molecule has 0 radical (unpaired) electrons. The average molecular weight is 237 g/mol. The topological polar surface area (TPSA) is 38.5 Å². The molecule has 15 heavy (non-hydrogen) atoms. The smallest absolute Gasteiger partial charge is 0.0594 e. The van der Waals surface area contributed by atoms with Crippen LogP contribution in [0.3, 0.4) is 0 Å². The van der Waals surface area contributed by atoms with Crippen molar-refractivity contribution in [3.63, 3.8) is 0 Å². The molecule has 1 saturated heterocycles. The number of nitrogens with two attached hydrogens (primary N) is 1. The molecule has 0 bridgehead atoms. The van der Waals surface area contributed by atoms with Crippen LogP contribution >= 0.6 is 12.4 Å². The Balaban J connectivity index is 0.00000196. The molecule has 2 N–H and O–H groups in total. The van der Waals surface area contributed by atoms with Gasteiger partial charge in [-0.2, -0.15) is 0 Å². The SMILES string of the molecule is CCC1(C)CCN(CCOCCN)C1.Cl. The van der Waals surface area contributed by atoms with Crippen LogP contribution in [0.15, 0.2) is 0 Å². The highest BCUT2D eigenvalue weighted by Crippen LogP contribution is 2.32. The van der Waals surface area contributed by atoms with Crippen LogP contribution in [0.2, 0.25) is 0 Å². The Morgan fingerprint density at radius 1 is 1.40 bits per heavy atom. The first-order valence-electron chi connectivity index (χ1n) is 5.70. The fourth-order valence-corrected chi connectivity index (χ4v) is 1.98. The van der Waals surface area contributed by atoms with E-state index in [9.17, 15) is 0 Å². The van der Waals surface area contributed by atoms with E-state index in [1.165, 1.54) is 25.9 Å². The zero-order valence-electron chi connectivity index (χ0n) is 10.00. The van der Waals surface area contributed by atoms with E-state index in [2.05, 4.69) is 18.7 Å². The number of rotatable bonds is 6. The van der Waals surface area contributed by atoms with E-state index >= 15 is 0 Å². The van der Waals surface area contributed by atoms with Gasteiger partial charge in [0.05, 0.1) is 13.2 Å². The van der Waals surface area contributed by atoms with Crippen molar-refractivity contribution in [1.82, 2.24) is 4.90 Å². The minimum absolute atomic E-state index is 0. The molecule has 0 aliphatic carbocycles. The van der Waals surface area contributed by atoms with Gasteiger partial charge in [0.2, 0.25) is 0 Å². The molecule has 0 aromatic heterocycles. The van der Waals surface area contributed by atoms with Crippen LogP contribution in [0.4, 0.5) is 0 Å². The first-order chi connectivity index (χ1) is 6.70. The fraction of sp³-hybridized carbons (Fsp3) is 1.00. The number of ether oxygens (including phenoxy) is 1. The molecule has 1 fully saturated rings. The predicted molar refractivity (Wildman–Crippen MR) is 66.6 cm³/mol. The predicted octanol–water partition coefficient (Wildman–Crippen LogP) is 1.51. The van der Waals surface area contributed by atoms with Crippen molar-refractivity contribution in [3.05, 3.63) is 0 Å². The summed E-state index contributed by atoms with van der Waals surface area (Å²) in [5.41, 5.74) is 5.90. The van der Waals surface area contributed by atoms with E-state index in [4.69, 9.17) is 10.5 Å². The molecule has 1 rings (SSSR count). The molecule has 0 saturated carbocycles. The van der Waals surface area contributed by atoms with Gasteiger partial charge in [-0.3, -0.25) is 0 Å². The van der Waals surface area contributed by atoms with Gasteiger partial charge < -0.3 is 15.4 Å². The number of hydrogen-bond donors (Lipinski definition) is 1. The van der Waals surface area contributed by atoms with Crippen molar-refractivity contribution in [3.8, 4) is 0 Å². The third kappa shape index (κ3) is 5.16. The van der Waals surface area contributed by atoms with Crippen LogP contribution < -0.4 is 5.73 Å². The van der Waals surface area contributed by atoms with Gasteiger partial charge in [0.1, 0.15) is 0 Å². The van der Waals surface area contributed by atoms with E-state index in [0.717, 1.165) is 13.2 Å². The molecule has 1 aliphatic rings. The van der Waals surface area contributed by atoms with Crippen molar-refractivity contribution in [1.29, 1.82) is 0 Å². The first kappa shape index (κ1) is 15.2. The number of likely N-dealkylation sites (tertiary alicyclic amines) is 1. The van der Waals surface area contributed by atoms with E-state index in [1.54, 1.807) is 0 Å². The molecule has 1 heterocycles. The van der Waals surface area contributed by atoms with Gasteiger partial charge in [-0.05, 0) is 24.8 Å². The lowest BCUT2D eigenvalue weighted by Gasteiger charge is -2.22. The number of hydrogen-bond acceptors (Lipinski definition) is 3. The highest BCUT2D eigenvalue weighted by molar-refractivity contribution is 5.85. The molecule has 0 amide bonds. The summed E-state index contributed by atoms with van der Waals surface area (Å²) < 4.78 is 5.38. The zero-order valence-corrected chi connectivity index (χ0v) is 10.8. The van der Waals surface area contributed by atoms with E-state index in [1.807, 2.05) is 0 Å². The molecule has 3 nitrogen and oxygen atoms in total. The Kier molecular flexibility index (Phi) is 7.53. The quantitative estimate of drug-likeness (QED) is 0.711. The van der Waals surface area contributed by atoms with Crippen molar-refractivity contribution < 1.29 is 4.74 Å². The Bertz CT molecular complexity index is 169.